The Hall–Kier alpha value is -3.75. The lowest BCUT2D eigenvalue weighted by Gasteiger charge is -2.26. The average Bonchev–Trinajstić information content (AvgIpc) is 3.35. The Labute approximate surface area is 239 Å². The zero-order chi connectivity index (χ0) is 31.0. The van der Waals surface area contributed by atoms with E-state index in [1.54, 1.807) is 13.8 Å². The van der Waals surface area contributed by atoms with E-state index in [1.807, 2.05) is 0 Å². The minimum atomic E-state index is -1.85. The second-order valence-electron chi connectivity index (χ2n) is 10.7. The number of ether oxygens (including phenoxy) is 2. The smallest absolute Gasteiger partial charge is 0.309 e. The first-order valence-corrected chi connectivity index (χ1v) is 13.6. The largest absolute Gasteiger partial charge is 0.479 e. The van der Waals surface area contributed by atoms with Crippen molar-refractivity contribution in [2.24, 2.45) is 11.8 Å². The number of rotatable bonds is 12. The zero-order valence-electron chi connectivity index (χ0n) is 23.2. The highest BCUT2D eigenvalue weighted by Crippen LogP contribution is 2.27. The van der Waals surface area contributed by atoms with Crippen molar-refractivity contribution in [1.29, 1.82) is 0 Å². The molecule has 11 nitrogen and oxygen atoms in total. The van der Waals surface area contributed by atoms with Crippen molar-refractivity contribution in [3.05, 3.63) is 29.3 Å². The van der Waals surface area contributed by atoms with Gasteiger partial charge in [-0.05, 0) is 38.0 Å². The maximum atomic E-state index is 14.0. The SMILES string of the molecule is CC(C)C[C@H](NC(=O)C(=O)N[C@H]1CCCOC1)C(=O)N[C@@H](C[C@@H]1CCNC1=O)C(=O)COc1c(F)c(F)cc(F)c1F. The highest BCUT2D eigenvalue weighted by molar-refractivity contribution is 6.35. The van der Waals surface area contributed by atoms with Crippen molar-refractivity contribution in [3.63, 3.8) is 0 Å². The monoisotopic (exact) mass is 602 g/mol. The molecule has 4 amide bonds. The van der Waals surface area contributed by atoms with Crippen molar-refractivity contribution >= 4 is 29.4 Å². The van der Waals surface area contributed by atoms with E-state index in [9.17, 15) is 41.5 Å². The summed E-state index contributed by atoms with van der Waals surface area (Å²) in [6.45, 7) is 3.51. The van der Waals surface area contributed by atoms with Crippen LogP contribution in [0.15, 0.2) is 6.07 Å². The average molecular weight is 603 g/mol. The van der Waals surface area contributed by atoms with Gasteiger partial charge >= 0.3 is 11.8 Å². The number of benzene rings is 1. The summed E-state index contributed by atoms with van der Waals surface area (Å²) in [5, 5.41) is 9.92. The van der Waals surface area contributed by atoms with Gasteiger partial charge in [-0.25, -0.2) is 8.78 Å². The molecular weight excluding hydrogens is 568 g/mol. The standard InChI is InChI=1S/C27H34F4N4O7/c1-13(2)8-19(35-27(40)26(39)33-15-4-3-7-41-11-15)25(38)34-18(9-14-5-6-32-24(14)37)20(36)12-42-23-21(30)16(28)10-17(29)22(23)31/h10,13-15,18-19H,3-9,11-12H2,1-2H3,(H,32,37)(H,33,39)(H,34,38)(H,35,40)/t14-,15-,18-,19-/m0/s1. The molecule has 232 valence electrons. The molecular formula is C27H34F4N4O7. The fourth-order valence-corrected chi connectivity index (χ4v) is 4.65. The van der Waals surface area contributed by atoms with Crippen LogP contribution in [0.4, 0.5) is 17.6 Å². The quantitative estimate of drug-likeness (QED) is 0.159. The molecule has 0 radical (unpaired) electrons. The van der Waals surface area contributed by atoms with Crippen molar-refractivity contribution in [2.45, 2.75) is 64.1 Å². The summed E-state index contributed by atoms with van der Waals surface area (Å²) in [6.07, 6.45) is 1.49. The molecule has 0 unspecified atom stereocenters. The van der Waals surface area contributed by atoms with Crippen molar-refractivity contribution in [3.8, 4) is 5.75 Å². The van der Waals surface area contributed by atoms with Gasteiger partial charge in [-0.3, -0.25) is 24.0 Å². The van der Waals surface area contributed by atoms with Gasteiger partial charge < -0.3 is 30.7 Å². The molecule has 2 fully saturated rings. The van der Waals surface area contributed by atoms with Gasteiger partial charge in [0.25, 0.3) is 0 Å². The molecule has 1 aromatic rings. The van der Waals surface area contributed by atoms with Crippen LogP contribution >= 0.6 is 0 Å². The number of carbonyl (C=O) groups excluding carboxylic acids is 5. The summed E-state index contributed by atoms with van der Waals surface area (Å²) < 4.78 is 65.2. The molecule has 0 saturated carbocycles. The van der Waals surface area contributed by atoms with Gasteiger partial charge in [-0.15, -0.1) is 0 Å². The molecule has 0 aromatic heterocycles. The Morgan fingerprint density at radius 2 is 1.71 bits per heavy atom. The maximum Gasteiger partial charge on any atom is 0.309 e. The Morgan fingerprint density at radius 3 is 2.29 bits per heavy atom. The number of ketones is 1. The van der Waals surface area contributed by atoms with Gasteiger partial charge in [0.15, 0.2) is 23.2 Å². The maximum absolute atomic E-state index is 14.0. The van der Waals surface area contributed by atoms with E-state index in [4.69, 9.17) is 9.47 Å². The molecule has 3 rings (SSSR count). The predicted octanol–water partition coefficient (Wildman–Crippen LogP) is 1.03. The van der Waals surface area contributed by atoms with Gasteiger partial charge in [0.05, 0.1) is 18.7 Å². The number of nitrogens with one attached hydrogen (secondary N) is 4. The lowest BCUT2D eigenvalue weighted by atomic mass is 9.95. The minimum absolute atomic E-state index is 0.0204. The molecule has 4 N–H and O–H groups in total. The molecule has 2 heterocycles. The van der Waals surface area contributed by atoms with E-state index in [0.717, 1.165) is 0 Å². The normalized spacial score (nSPS) is 19.9. The predicted molar refractivity (Wildman–Crippen MR) is 138 cm³/mol. The summed E-state index contributed by atoms with van der Waals surface area (Å²) >= 11 is 0. The van der Waals surface area contributed by atoms with Gasteiger partial charge in [-0.1, -0.05) is 13.8 Å². The van der Waals surface area contributed by atoms with E-state index in [2.05, 4.69) is 21.3 Å². The van der Waals surface area contributed by atoms with Crippen LogP contribution in [0, 0.1) is 35.1 Å². The Morgan fingerprint density at radius 1 is 1.02 bits per heavy atom. The molecule has 4 atom stereocenters. The van der Waals surface area contributed by atoms with Crippen LogP contribution < -0.4 is 26.0 Å². The first-order valence-electron chi connectivity index (χ1n) is 13.6. The number of carbonyl (C=O) groups is 5. The summed E-state index contributed by atoms with van der Waals surface area (Å²) in [7, 11) is 0. The summed E-state index contributed by atoms with van der Waals surface area (Å²) in [6, 6.07) is -3.11. The lowest BCUT2D eigenvalue weighted by Crippen LogP contribution is -2.56. The fraction of sp³-hybridized carbons (Fsp3) is 0.593. The van der Waals surface area contributed by atoms with E-state index < -0.39 is 77.1 Å². The molecule has 0 spiro atoms. The highest BCUT2D eigenvalue weighted by Gasteiger charge is 2.34. The van der Waals surface area contributed by atoms with E-state index in [0.29, 0.717) is 32.4 Å². The number of amides is 4. The molecule has 2 aliphatic heterocycles. The van der Waals surface area contributed by atoms with Crippen LogP contribution in [-0.4, -0.2) is 73.9 Å². The van der Waals surface area contributed by atoms with E-state index >= 15 is 0 Å². The van der Waals surface area contributed by atoms with Crippen molar-refractivity contribution < 1.29 is 51.0 Å². The fourth-order valence-electron chi connectivity index (χ4n) is 4.65. The van der Waals surface area contributed by atoms with Crippen LogP contribution in [0.1, 0.15) is 46.0 Å². The van der Waals surface area contributed by atoms with Crippen LogP contribution in [0.25, 0.3) is 0 Å². The molecule has 2 aliphatic rings. The van der Waals surface area contributed by atoms with Gasteiger partial charge in [0.2, 0.25) is 23.4 Å². The summed E-state index contributed by atoms with van der Waals surface area (Å²) in [5.41, 5.74) is 0. The lowest BCUT2D eigenvalue weighted by molar-refractivity contribution is -0.142. The highest BCUT2D eigenvalue weighted by atomic mass is 19.2. The summed E-state index contributed by atoms with van der Waals surface area (Å²) in [4.78, 5) is 63.6. The zero-order valence-corrected chi connectivity index (χ0v) is 23.2. The van der Waals surface area contributed by atoms with Gasteiger partial charge in [-0.2, -0.15) is 8.78 Å². The third-order valence-electron chi connectivity index (χ3n) is 6.85. The second kappa shape index (κ2) is 14.9. The van der Waals surface area contributed by atoms with Gasteiger partial charge in [0.1, 0.15) is 12.6 Å². The topological polar surface area (TPSA) is 152 Å². The Balaban J connectivity index is 1.73. The Kier molecular flexibility index (Phi) is 11.6. The second-order valence-corrected chi connectivity index (χ2v) is 10.7. The van der Waals surface area contributed by atoms with Crippen LogP contribution in [-0.2, 0) is 28.7 Å². The molecule has 2 saturated heterocycles. The minimum Gasteiger partial charge on any atom is -0.479 e. The van der Waals surface area contributed by atoms with E-state index in [1.165, 1.54) is 0 Å². The van der Waals surface area contributed by atoms with Crippen molar-refractivity contribution in [1.82, 2.24) is 21.3 Å². The van der Waals surface area contributed by atoms with Crippen molar-refractivity contribution in [2.75, 3.05) is 26.4 Å². The molecule has 0 bridgehead atoms. The number of Topliss-reactive ketones (excluding diaryl/α,β-unsaturated/α-hetero) is 1. The Bertz CT molecular complexity index is 1170. The first kappa shape index (κ1) is 32.8. The van der Waals surface area contributed by atoms with Crippen LogP contribution in [0.2, 0.25) is 0 Å². The van der Waals surface area contributed by atoms with E-state index in [-0.39, 0.29) is 43.4 Å². The first-order chi connectivity index (χ1) is 19.9. The molecule has 0 aliphatic carbocycles. The molecule has 15 heteroatoms. The molecule has 1 aromatic carbocycles. The van der Waals surface area contributed by atoms with Crippen LogP contribution in [0.3, 0.4) is 0 Å². The third kappa shape index (κ3) is 8.87. The third-order valence-corrected chi connectivity index (χ3v) is 6.85. The number of hydrogen-bond donors (Lipinski definition) is 4. The number of halogens is 4. The summed E-state index contributed by atoms with van der Waals surface area (Å²) in [5.74, 6) is -13.8. The van der Waals surface area contributed by atoms with Crippen LogP contribution in [0.5, 0.6) is 5.75 Å². The van der Waals surface area contributed by atoms with Gasteiger partial charge in [0, 0.05) is 25.1 Å². The molecule has 42 heavy (non-hydrogen) atoms. The number of hydrogen-bond acceptors (Lipinski definition) is 7.